The number of rotatable bonds is 2. The molecule has 1 rings (SSSR count). The fourth-order valence-corrected chi connectivity index (χ4v) is 1.41. The second-order valence-electron chi connectivity index (χ2n) is 4.13. The van der Waals surface area contributed by atoms with E-state index in [1.54, 1.807) is 32.3 Å². The molecule has 1 aromatic carbocycles. The number of hydrogen-bond donors (Lipinski definition) is 1. The van der Waals surface area contributed by atoms with Crippen LogP contribution in [-0.2, 0) is 0 Å². The van der Waals surface area contributed by atoms with Gasteiger partial charge in [0.1, 0.15) is 5.75 Å². The SMILES string of the molecule is CC(C)c1cc(C(=O)N(C)C)ccc1O. The van der Waals surface area contributed by atoms with Gasteiger partial charge in [-0.05, 0) is 29.7 Å². The first kappa shape index (κ1) is 11.6. The summed E-state index contributed by atoms with van der Waals surface area (Å²) in [7, 11) is 3.43. The number of phenols is 1. The van der Waals surface area contributed by atoms with Crippen LogP contribution < -0.4 is 0 Å². The summed E-state index contributed by atoms with van der Waals surface area (Å²) < 4.78 is 0. The van der Waals surface area contributed by atoms with Crippen LogP contribution in [0.2, 0.25) is 0 Å². The summed E-state index contributed by atoms with van der Waals surface area (Å²) in [4.78, 5) is 13.2. The van der Waals surface area contributed by atoms with E-state index in [0.717, 1.165) is 5.56 Å². The minimum atomic E-state index is -0.0445. The Morgan fingerprint density at radius 1 is 1.33 bits per heavy atom. The van der Waals surface area contributed by atoms with Gasteiger partial charge in [-0.1, -0.05) is 13.8 Å². The van der Waals surface area contributed by atoms with Crippen LogP contribution in [0.3, 0.4) is 0 Å². The third kappa shape index (κ3) is 2.49. The van der Waals surface area contributed by atoms with Crippen molar-refractivity contribution in [1.82, 2.24) is 4.90 Å². The molecule has 3 nitrogen and oxygen atoms in total. The Kier molecular flexibility index (Phi) is 3.35. The summed E-state index contributed by atoms with van der Waals surface area (Å²) in [6.07, 6.45) is 0. The van der Waals surface area contributed by atoms with Crippen molar-refractivity contribution in [2.24, 2.45) is 0 Å². The second kappa shape index (κ2) is 4.34. The number of phenolic OH excluding ortho intramolecular Hbond substituents is 1. The monoisotopic (exact) mass is 207 g/mol. The quantitative estimate of drug-likeness (QED) is 0.807. The lowest BCUT2D eigenvalue weighted by Gasteiger charge is -2.13. The molecule has 82 valence electrons. The average molecular weight is 207 g/mol. The third-order valence-electron chi connectivity index (χ3n) is 2.30. The van der Waals surface area contributed by atoms with E-state index >= 15 is 0 Å². The zero-order chi connectivity index (χ0) is 11.6. The van der Waals surface area contributed by atoms with Gasteiger partial charge in [-0.15, -0.1) is 0 Å². The fraction of sp³-hybridized carbons (Fsp3) is 0.417. The van der Waals surface area contributed by atoms with Gasteiger partial charge < -0.3 is 10.0 Å². The van der Waals surface area contributed by atoms with Gasteiger partial charge in [0.2, 0.25) is 0 Å². The third-order valence-corrected chi connectivity index (χ3v) is 2.30. The Hall–Kier alpha value is -1.51. The first-order chi connectivity index (χ1) is 6.93. The van der Waals surface area contributed by atoms with Gasteiger partial charge in [-0.25, -0.2) is 0 Å². The number of carbonyl (C=O) groups is 1. The Morgan fingerprint density at radius 2 is 1.93 bits per heavy atom. The molecule has 0 fully saturated rings. The molecule has 0 saturated carbocycles. The van der Waals surface area contributed by atoms with E-state index in [-0.39, 0.29) is 17.6 Å². The first-order valence-corrected chi connectivity index (χ1v) is 4.98. The summed E-state index contributed by atoms with van der Waals surface area (Å²) in [6.45, 7) is 3.97. The first-order valence-electron chi connectivity index (χ1n) is 4.98. The molecule has 0 aliphatic carbocycles. The maximum absolute atomic E-state index is 11.7. The highest BCUT2D eigenvalue weighted by Gasteiger charge is 2.12. The van der Waals surface area contributed by atoms with Crippen molar-refractivity contribution in [3.8, 4) is 5.75 Å². The summed E-state index contributed by atoms with van der Waals surface area (Å²) >= 11 is 0. The van der Waals surface area contributed by atoms with Crippen LogP contribution >= 0.6 is 0 Å². The average Bonchev–Trinajstić information content (AvgIpc) is 2.16. The molecule has 0 aliphatic heterocycles. The summed E-state index contributed by atoms with van der Waals surface area (Å²) in [6, 6.07) is 4.97. The van der Waals surface area contributed by atoms with Gasteiger partial charge in [-0.3, -0.25) is 4.79 Å². The van der Waals surface area contributed by atoms with Crippen LogP contribution in [0.4, 0.5) is 0 Å². The topological polar surface area (TPSA) is 40.5 Å². The highest BCUT2D eigenvalue weighted by atomic mass is 16.3. The number of amides is 1. The maximum Gasteiger partial charge on any atom is 0.253 e. The minimum absolute atomic E-state index is 0.0445. The molecule has 0 atom stereocenters. The van der Waals surface area contributed by atoms with Crippen molar-refractivity contribution in [3.05, 3.63) is 29.3 Å². The standard InChI is InChI=1S/C12H17NO2/c1-8(2)10-7-9(5-6-11(10)14)12(15)13(3)4/h5-8,14H,1-4H3. The Balaban J connectivity index is 3.13. The van der Waals surface area contributed by atoms with Gasteiger partial charge >= 0.3 is 0 Å². The van der Waals surface area contributed by atoms with Crippen molar-refractivity contribution in [2.45, 2.75) is 19.8 Å². The number of carbonyl (C=O) groups excluding carboxylic acids is 1. The number of aromatic hydroxyl groups is 1. The Labute approximate surface area is 90.3 Å². The van der Waals surface area contributed by atoms with Crippen LogP contribution in [0.1, 0.15) is 35.7 Å². The van der Waals surface area contributed by atoms with E-state index in [0.29, 0.717) is 5.56 Å². The molecule has 0 aromatic heterocycles. The van der Waals surface area contributed by atoms with Crippen molar-refractivity contribution in [1.29, 1.82) is 0 Å². The molecule has 0 spiro atoms. The predicted molar refractivity (Wildman–Crippen MR) is 60.2 cm³/mol. The van der Waals surface area contributed by atoms with E-state index in [9.17, 15) is 9.90 Å². The predicted octanol–water partition coefficient (Wildman–Crippen LogP) is 2.22. The molecule has 1 N–H and O–H groups in total. The van der Waals surface area contributed by atoms with Crippen molar-refractivity contribution in [2.75, 3.05) is 14.1 Å². The van der Waals surface area contributed by atoms with Crippen LogP contribution in [0, 0.1) is 0 Å². The molecule has 0 unspecified atom stereocenters. The van der Waals surface area contributed by atoms with E-state index in [1.807, 2.05) is 13.8 Å². The Morgan fingerprint density at radius 3 is 2.40 bits per heavy atom. The summed E-state index contributed by atoms with van der Waals surface area (Å²) in [5.41, 5.74) is 1.42. The van der Waals surface area contributed by atoms with E-state index in [4.69, 9.17) is 0 Å². The molecule has 1 aromatic rings. The number of benzene rings is 1. The lowest BCUT2D eigenvalue weighted by atomic mass is 9.99. The largest absolute Gasteiger partial charge is 0.508 e. The summed E-state index contributed by atoms with van der Waals surface area (Å²) in [5.74, 6) is 0.414. The van der Waals surface area contributed by atoms with Crippen molar-refractivity contribution >= 4 is 5.91 Å². The maximum atomic E-state index is 11.7. The van der Waals surface area contributed by atoms with Crippen LogP contribution in [0.5, 0.6) is 5.75 Å². The lowest BCUT2D eigenvalue weighted by Crippen LogP contribution is -2.21. The zero-order valence-electron chi connectivity index (χ0n) is 9.61. The molecular formula is C12H17NO2. The van der Waals surface area contributed by atoms with E-state index in [2.05, 4.69) is 0 Å². The summed E-state index contributed by atoms with van der Waals surface area (Å²) in [5, 5.41) is 9.60. The molecule has 3 heteroatoms. The van der Waals surface area contributed by atoms with Gasteiger partial charge in [-0.2, -0.15) is 0 Å². The van der Waals surface area contributed by atoms with Crippen LogP contribution in [0.25, 0.3) is 0 Å². The minimum Gasteiger partial charge on any atom is -0.508 e. The van der Waals surface area contributed by atoms with Crippen molar-refractivity contribution < 1.29 is 9.90 Å². The highest BCUT2D eigenvalue weighted by Crippen LogP contribution is 2.26. The van der Waals surface area contributed by atoms with E-state index < -0.39 is 0 Å². The van der Waals surface area contributed by atoms with Crippen LogP contribution in [0.15, 0.2) is 18.2 Å². The molecular weight excluding hydrogens is 190 g/mol. The molecule has 15 heavy (non-hydrogen) atoms. The molecule has 0 radical (unpaired) electrons. The van der Waals surface area contributed by atoms with Gasteiger partial charge in [0, 0.05) is 19.7 Å². The number of nitrogens with zero attached hydrogens (tertiary/aromatic N) is 1. The molecule has 0 heterocycles. The van der Waals surface area contributed by atoms with Crippen molar-refractivity contribution in [3.63, 3.8) is 0 Å². The molecule has 0 saturated heterocycles. The smallest absolute Gasteiger partial charge is 0.253 e. The van der Waals surface area contributed by atoms with Gasteiger partial charge in [0.25, 0.3) is 5.91 Å². The second-order valence-corrected chi connectivity index (χ2v) is 4.13. The Bertz CT molecular complexity index is 370. The van der Waals surface area contributed by atoms with Crippen LogP contribution in [-0.4, -0.2) is 30.0 Å². The molecule has 0 aliphatic rings. The van der Waals surface area contributed by atoms with Gasteiger partial charge in [0.15, 0.2) is 0 Å². The highest BCUT2D eigenvalue weighted by molar-refractivity contribution is 5.94. The zero-order valence-corrected chi connectivity index (χ0v) is 9.61. The molecule has 1 amide bonds. The fourth-order valence-electron chi connectivity index (χ4n) is 1.41. The number of hydrogen-bond acceptors (Lipinski definition) is 2. The molecule has 0 bridgehead atoms. The lowest BCUT2D eigenvalue weighted by molar-refractivity contribution is 0.0827. The normalized spacial score (nSPS) is 10.5. The van der Waals surface area contributed by atoms with Gasteiger partial charge in [0.05, 0.1) is 0 Å². The van der Waals surface area contributed by atoms with E-state index in [1.165, 1.54) is 4.90 Å².